The van der Waals surface area contributed by atoms with Gasteiger partial charge in [-0.1, -0.05) is 22.0 Å². The summed E-state index contributed by atoms with van der Waals surface area (Å²) in [6.45, 7) is -0.109. The number of anilines is 1. The Kier molecular flexibility index (Phi) is 4.16. The Morgan fingerprint density at radius 2 is 1.89 bits per heavy atom. The predicted octanol–water partition coefficient (Wildman–Crippen LogP) is 3.53. The molecule has 0 atom stereocenters. The molecule has 2 aromatic rings. The van der Waals surface area contributed by atoms with E-state index in [4.69, 9.17) is 10.5 Å². The molecule has 0 heterocycles. The van der Waals surface area contributed by atoms with Crippen molar-refractivity contribution in [3.05, 3.63) is 63.9 Å². The molecule has 3 nitrogen and oxygen atoms in total. The van der Waals surface area contributed by atoms with Gasteiger partial charge in [0.2, 0.25) is 0 Å². The molecule has 0 unspecified atom stereocenters. The summed E-state index contributed by atoms with van der Waals surface area (Å²) in [4.78, 5) is 11.7. The van der Waals surface area contributed by atoms with Gasteiger partial charge in [0.05, 0.1) is 5.56 Å². The fourth-order valence-corrected chi connectivity index (χ4v) is 1.82. The molecule has 0 fully saturated rings. The second-order valence-electron chi connectivity index (χ2n) is 3.93. The van der Waals surface area contributed by atoms with Crippen LogP contribution in [0.15, 0.2) is 46.9 Å². The number of carbonyl (C=O) groups is 1. The topological polar surface area (TPSA) is 52.3 Å². The summed E-state index contributed by atoms with van der Waals surface area (Å²) >= 11 is 3.16. The van der Waals surface area contributed by atoms with Gasteiger partial charge in [0.25, 0.3) is 0 Å². The molecular formula is C14H11BrFNO2. The van der Waals surface area contributed by atoms with Crippen LogP contribution in [-0.4, -0.2) is 5.97 Å². The number of halogens is 2. The highest BCUT2D eigenvalue weighted by Crippen LogP contribution is 2.16. The lowest BCUT2D eigenvalue weighted by atomic mass is 10.2. The molecule has 0 spiro atoms. The smallest absolute Gasteiger partial charge is 0.338 e. The van der Waals surface area contributed by atoms with Gasteiger partial charge in [0, 0.05) is 15.7 Å². The van der Waals surface area contributed by atoms with Crippen LogP contribution in [0.4, 0.5) is 10.1 Å². The fourth-order valence-electron chi connectivity index (χ4n) is 1.48. The van der Waals surface area contributed by atoms with Crippen LogP contribution < -0.4 is 5.73 Å². The zero-order valence-corrected chi connectivity index (χ0v) is 11.5. The summed E-state index contributed by atoms with van der Waals surface area (Å²) in [5.74, 6) is -0.929. The van der Waals surface area contributed by atoms with Crippen molar-refractivity contribution >= 4 is 27.6 Å². The van der Waals surface area contributed by atoms with Gasteiger partial charge in [-0.2, -0.15) is 0 Å². The predicted molar refractivity (Wildman–Crippen MR) is 74.1 cm³/mol. The average molecular weight is 324 g/mol. The number of ether oxygens (including phenoxy) is 1. The zero-order chi connectivity index (χ0) is 13.8. The van der Waals surface area contributed by atoms with Gasteiger partial charge < -0.3 is 10.5 Å². The third kappa shape index (κ3) is 3.54. The summed E-state index contributed by atoms with van der Waals surface area (Å²) in [6.07, 6.45) is 0. The van der Waals surface area contributed by atoms with Gasteiger partial charge in [0.1, 0.15) is 12.4 Å². The van der Waals surface area contributed by atoms with E-state index >= 15 is 0 Å². The molecule has 0 aliphatic rings. The van der Waals surface area contributed by atoms with Gasteiger partial charge in [0.15, 0.2) is 0 Å². The van der Waals surface area contributed by atoms with Gasteiger partial charge >= 0.3 is 5.97 Å². The maximum Gasteiger partial charge on any atom is 0.338 e. The van der Waals surface area contributed by atoms with E-state index in [1.165, 1.54) is 6.07 Å². The van der Waals surface area contributed by atoms with Crippen molar-refractivity contribution in [3.63, 3.8) is 0 Å². The van der Waals surface area contributed by atoms with Crippen LogP contribution in [0, 0.1) is 5.82 Å². The first-order valence-corrected chi connectivity index (χ1v) is 6.32. The quantitative estimate of drug-likeness (QED) is 0.694. The highest BCUT2D eigenvalue weighted by Gasteiger charge is 2.09. The van der Waals surface area contributed by atoms with E-state index in [9.17, 15) is 9.18 Å². The SMILES string of the molecule is Nc1ccc(C(=O)OCc2ccc(Br)cc2F)cc1. The maximum atomic E-state index is 13.5. The van der Waals surface area contributed by atoms with Crippen LogP contribution in [0.3, 0.4) is 0 Å². The van der Waals surface area contributed by atoms with Crippen molar-refractivity contribution in [2.24, 2.45) is 0 Å². The van der Waals surface area contributed by atoms with E-state index in [-0.39, 0.29) is 6.61 Å². The molecule has 19 heavy (non-hydrogen) atoms. The van der Waals surface area contributed by atoms with Crippen molar-refractivity contribution < 1.29 is 13.9 Å². The lowest BCUT2D eigenvalue weighted by Crippen LogP contribution is -2.06. The molecule has 0 bridgehead atoms. The molecule has 5 heteroatoms. The molecule has 0 aliphatic carbocycles. The summed E-state index contributed by atoms with van der Waals surface area (Å²) in [5, 5.41) is 0. The number of nitrogens with two attached hydrogens (primary N) is 1. The first-order chi connectivity index (χ1) is 9.06. The van der Waals surface area contributed by atoms with Crippen molar-refractivity contribution in [1.29, 1.82) is 0 Å². The van der Waals surface area contributed by atoms with Crippen LogP contribution in [-0.2, 0) is 11.3 Å². The van der Waals surface area contributed by atoms with Crippen molar-refractivity contribution in [2.45, 2.75) is 6.61 Å². The standard InChI is InChI=1S/C14H11BrFNO2/c15-11-4-1-10(13(16)7-11)8-19-14(18)9-2-5-12(17)6-3-9/h1-7H,8,17H2. The van der Waals surface area contributed by atoms with E-state index in [0.717, 1.165) is 0 Å². The van der Waals surface area contributed by atoms with Crippen molar-refractivity contribution in [2.75, 3.05) is 5.73 Å². The largest absolute Gasteiger partial charge is 0.457 e. The number of benzene rings is 2. The lowest BCUT2D eigenvalue weighted by Gasteiger charge is -2.06. The summed E-state index contributed by atoms with van der Waals surface area (Å²) in [6, 6.07) is 10.9. The molecule has 2 rings (SSSR count). The van der Waals surface area contributed by atoms with E-state index in [1.54, 1.807) is 36.4 Å². The average Bonchev–Trinajstić information content (AvgIpc) is 2.38. The second kappa shape index (κ2) is 5.84. The highest BCUT2D eigenvalue weighted by molar-refractivity contribution is 9.10. The summed E-state index contributed by atoms with van der Waals surface area (Å²) in [5.41, 5.74) is 6.79. The van der Waals surface area contributed by atoms with E-state index in [1.807, 2.05) is 0 Å². The normalized spacial score (nSPS) is 10.2. The second-order valence-corrected chi connectivity index (χ2v) is 4.85. The molecule has 0 aromatic heterocycles. The Morgan fingerprint density at radius 1 is 1.21 bits per heavy atom. The van der Waals surface area contributed by atoms with Crippen molar-refractivity contribution in [3.8, 4) is 0 Å². The highest BCUT2D eigenvalue weighted by atomic mass is 79.9. The Morgan fingerprint density at radius 3 is 2.53 bits per heavy atom. The van der Waals surface area contributed by atoms with Crippen LogP contribution in [0.2, 0.25) is 0 Å². The number of esters is 1. The van der Waals surface area contributed by atoms with Gasteiger partial charge in [-0.25, -0.2) is 9.18 Å². The molecular weight excluding hydrogens is 313 g/mol. The van der Waals surface area contributed by atoms with E-state index in [2.05, 4.69) is 15.9 Å². The zero-order valence-electron chi connectivity index (χ0n) is 9.90. The van der Waals surface area contributed by atoms with Gasteiger partial charge in [-0.15, -0.1) is 0 Å². The maximum absolute atomic E-state index is 13.5. The molecule has 98 valence electrons. The molecule has 0 aliphatic heterocycles. The number of hydrogen-bond acceptors (Lipinski definition) is 3. The Balaban J connectivity index is 2.02. The van der Waals surface area contributed by atoms with Crippen LogP contribution in [0.25, 0.3) is 0 Å². The third-order valence-corrected chi connectivity index (χ3v) is 3.01. The van der Waals surface area contributed by atoms with Crippen LogP contribution >= 0.6 is 15.9 Å². The summed E-state index contributed by atoms with van der Waals surface area (Å²) in [7, 11) is 0. The number of rotatable bonds is 3. The number of nitrogen functional groups attached to an aromatic ring is 1. The molecule has 2 N–H and O–H groups in total. The van der Waals surface area contributed by atoms with E-state index < -0.39 is 11.8 Å². The van der Waals surface area contributed by atoms with Crippen LogP contribution in [0.1, 0.15) is 15.9 Å². The molecule has 0 radical (unpaired) electrons. The van der Waals surface area contributed by atoms with Crippen LogP contribution in [0.5, 0.6) is 0 Å². The number of hydrogen-bond donors (Lipinski definition) is 1. The molecule has 2 aromatic carbocycles. The number of carbonyl (C=O) groups excluding carboxylic acids is 1. The van der Waals surface area contributed by atoms with E-state index in [0.29, 0.717) is 21.3 Å². The minimum atomic E-state index is -0.512. The minimum Gasteiger partial charge on any atom is -0.457 e. The fraction of sp³-hybridized carbons (Fsp3) is 0.0714. The molecule has 0 saturated carbocycles. The van der Waals surface area contributed by atoms with Gasteiger partial charge in [-0.05, 0) is 36.4 Å². The summed E-state index contributed by atoms with van der Waals surface area (Å²) < 4.78 is 19.2. The first kappa shape index (κ1) is 13.5. The molecule has 0 saturated heterocycles. The third-order valence-electron chi connectivity index (χ3n) is 2.52. The van der Waals surface area contributed by atoms with Crippen molar-refractivity contribution in [1.82, 2.24) is 0 Å². The first-order valence-electron chi connectivity index (χ1n) is 5.53. The minimum absolute atomic E-state index is 0.109. The lowest BCUT2D eigenvalue weighted by molar-refractivity contribution is 0.0469. The molecule has 0 amide bonds. The Bertz CT molecular complexity index is 599. The van der Waals surface area contributed by atoms with Gasteiger partial charge in [-0.3, -0.25) is 0 Å². The monoisotopic (exact) mass is 323 g/mol. The Hall–Kier alpha value is -1.88. The Labute approximate surface area is 118 Å².